The minimum atomic E-state index is 0.543. The van der Waals surface area contributed by atoms with Crippen LogP contribution in [0, 0.1) is 0 Å². The van der Waals surface area contributed by atoms with Crippen LogP contribution in [0.25, 0.3) is 0 Å². The van der Waals surface area contributed by atoms with Crippen LogP contribution < -0.4 is 5.32 Å². The Morgan fingerprint density at radius 2 is 2.00 bits per heavy atom. The summed E-state index contributed by atoms with van der Waals surface area (Å²) in [5.41, 5.74) is 0. The van der Waals surface area contributed by atoms with E-state index >= 15 is 0 Å². The quantitative estimate of drug-likeness (QED) is 0.586. The molecule has 2 atom stereocenters. The summed E-state index contributed by atoms with van der Waals surface area (Å²) in [5, 5.41) is 4.91. The maximum atomic E-state index is 4.22. The molecule has 0 spiro atoms. The number of hydrogen-bond donors (Lipinski definition) is 1. The third-order valence-electron chi connectivity index (χ3n) is 2.28. The second-order valence-electron chi connectivity index (χ2n) is 4.05. The Hall–Kier alpha value is -0.610. The Morgan fingerprint density at radius 3 is 2.62 bits per heavy atom. The van der Waals surface area contributed by atoms with Crippen molar-refractivity contribution in [2.75, 3.05) is 6.54 Å². The first-order chi connectivity index (χ1) is 7.72. The predicted octanol–water partition coefficient (Wildman–Crippen LogP) is 2.74. The van der Waals surface area contributed by atoms with Crippen molar-refractivity contribution in [3.8, 4) is 0 Å². The van der Waals surface area contributed by atoms with E-state index in [-0.39, 0.29) is 0 Å². The Bertz CT molecular complexity index is 279. The van der Waals surface area contributed by atoms with E-state index in [0.29, 0.717) is 11.3 Å². The van der Waals surface area contributed by atoms with Crippen LogP contribution in [0.15, 0.2) is 23.6 Å². The minimum Gasteiger partial charge on any atom is -0.314 e. The Labute approximate surface area is 102 Å². The number of rotatable bonds is 7. The summed E-state index contributed by atoms with van der Waals surface area (Å²) in [4.78, 5) is 8.44. The van der Waals surface area contributed by atoms with Crippen LogP contribution in [0.1, 0.15) is 33.6 Å². The van der Waals surface area contributed by atoms with Gasteiger partial charge >= 0.3 is 0 Å². The van der Waals surface area contributed by atoms with Gasteiger partial charge in [-0.2, -0.15) is 0 Å². The van der Waals surface area contributed by atoms with Gasteiger partial charge in [-0.05, 0) is 32.4 Å². The average molecular weight is 239 g/mol. The van der Waals surface area contributed by atoms with Crippen molar-refractivity contribution in [1.82, 2.24) is 15.3 Å². The minimum absolute atomic E-state index is 0.543. The predicted molar refractivity (Wildman–Crippen MR) is 69.7 cm³/mol. The van der Waals surface area contributed by atoms with Gasteiger partial charge < -0.3 is 5.32 Å². The molecule has 1 aromatic rings. The molecule has 3 nitrogen and oxygen atoms in total. The highest BCUT2D eigenvalue weighted by Crippen LogP contribution is 2.21. The zero-order valence-electron chi connectivity index (χ0n) is 10.3. The summed E-state index contributed by atoms with van der Waals surface area (Å²) < 4.78 is 0. The van der Waals surface area contributed by atoms with Crippen LogP contribution in [-0.2, 0) is 0 Å². The largest absolute Gasteiger partial charge is 0.314 e. The third kappa shape index (κ3) is 5.47. The van der Waals surface area contributed by atoms with Crippen molar-refractivity contribution in [2.45, 2.75) is 50.1 Å². The molecule has 4 heteroatoms. The van der Waals surface area contributed by atoms with Crippen molar-refractivity contribution >= 4 is 11.8 Å². The van der Waals surface area contributed by atoms with E-state index < -0.39 is 0 Å². The molecule has 1 N–H and O–H groups in total. The van der Waals surface area contributed by atoms with Crippen LogP contribution >= 0.6 is 11.8 Å². The number of thioether (sulfide) groups is 1. The lowest BCUT2D eigenvalue weighted by molar-refractivity contribution is 0.513. The van der Waals surface area contributed by atoms with Crippen molar-refractivity contribution in [1.29, 1.82) is 0 Å². The molecule has 0 amide bonds. The van der Waals surface area contributed by atoms with Crippen molar-refractivity contribution in [3.63, 3.8) is 0 Å². The van der Waals surface area contributed by atoms with Gasteiger partial charge in [0.25, 0.3) is 0 Å². The van der Waals surface area contributed by atoms with E-state index in [1.807, 2.05) is 6.07 Å². The van der Waals surface area contributed by atoms with E-state index in [2.05, 4.69) is 36.1 Å². The van der Waals surface area contributed by atoms with Crippen LogP contribution in [0.4, 0.5) is 0 Å². The van der Waals surface area contributed by atoms with E-state index in [0.717, 1.165) is 18.1 Å². The van der Waals surface area contributed by atoms with E-state index in [9.17, 15) is 0 Å². The summed E-state index contributed by atoms with van der Waals surface area (Å²) in [5.74, 6) is 0. The molecule has 0 aliphatic carbocycles. The van der Waals surface area contributed by atoms with Crippen LogP contribution in [0.2, 0.25) is 0 Å². The molecular formula is C12H21N3S. The molecule has 0 aromatic carbocycles. The molecule has 2 unspecified atom stereocenters. The molecule has 1 rings (SSSR count). The molecule has 0 radical (unpaired) electrons. The first-order valence-electron chi connectivity index (χ1n) is 5.89. The zero-order valence-corrected chi connectivity index (χ0v) is 11.1. The molecule has 0 aliphatic rings. The Kier molecular flexibility index (Phi) is 6.42. The molecule has 16 heavy (non-hydrogen) atoms. The smallest absolute Gasteiger partial charge is 0.187 e. The Balaban J connectivity index is 2.27. The normalized spacial score (nSPS) is 14.7. The van der Waals surface area contributed by atoms with Gasteiger partial charge in [-0.25, -0.2) is 9.97 Å². The monoisotopic (exact) mass is 239 g/mol. The molecule has 1 aromatic heterocycles. The standard InChI is InChI=1S/C12H21N3S/c1-4-6-13-10(2)9-11(3)16-12-14-7-5-8-15-12/h5,7-8,10-11,13H,4,6,9H2,1-3H3. The lowest BCUT2D eigenvalue weighted by Crippen LogP contribution is -2.29. The van der Waals surface area contributed by atoms with Crippen molar-refractivity contribution in [3.05, 3.63) is 18.5 Å². The summed E-state index contributed by atoms with van der Waals surface area (Å²) in [6.07, 6.45) is 5.91. The number of nitrogens with zero attached hydrogens (tertiary/aromatic N) is 2. The van der Waals surface area contributed by atoms with Gasteiger partial charge in [0.15, 0.2) is 5.16 Å². The molecular weight excluding hydrogens is 218 g/mol. The summed E-state index contributed by atoms with van der Waals surface area (Å²) in [6.45, 7) is 7.75. The number of aromatic nitrogens is 2. The maximum Gasteiger partial charge on any atom is 0.187 e. The molecule has 0 saturated carbocycles. The van der Waals surface area contributed by atoms with Gasteiger partial charge in [0.05, 0.1) is 0 Å². The van der Waals surface area contributed by atoms with Gasteiger partial charge in [0.2, 0.25) is 0 Å². The number of hydrogen-bond acceptors (Lipinski definition) is 4. The van der Waals surface area contributed by atoms with Crippen molar-refractivity contribution in [2.24, 2.45) is 0 Å². The fourth-order valence-electron chi connectivity index (χ4n) is 1.55. The van der Waals surface area contributed by atoms with E-state index in [1.54, 1.807) is 24.2 Å². The van der Waals surface area contributed by atoms with Gasteiger partial charge in [0.1, 0.15) is 0 Å². The highest BCUT2D eigenvalue weighted by molar-refractivity contribution is 7.99. The van der Waals surface area contributed by atoms with E-state index in [1.165, 1.54) is 6.42 Å². The molecule has 0 saturated heterocycles. The molecule has 0 fully saturated rings. The summed E-state index contributed by atoms with van der Waals surface area (Å²) in [6, 6.07) is 2.41. The lowest BCUT2D eigenvalue weighted by atomic mass is 10.2. The first kappa shape index (κ1) is 13.5. The maximum absolute atomic E-state index is 4.22. The molecule has 1 heterocycles. The zero-order chi connectivity index (χ0) is 11.8. The number of nitrogens with one attached hydrogen (secondary N) is 1. The summed E-state index contributed by atoms with van der Waals surface area (Å²) >= 11 is 1.74. The molecule has 0 aliphatic heterocycles. The van der Waals surface area contributed by atoms with Gasteiger partial charge in [-0.15, -0.1) is 0 Å². The highest BCUT2D eigenvalue weighted by Gasteiger charge is 2.10. The second-order valence-corrected chi connectivity index (χ2v) is 5.46. The third-order valence-corrected chi connectivity index (χ3v) is 3.29. The van der Waals surface area contributed by atoms with Crippen LogP contribution in [0.5, 0.6) is 0 Å². The first-order valence-corrected chi connectivity index (χ1v) is 6.77. The molecule has 0 bridgehead atoms. The van der Waals surface area contributed by atoms with Crippen LogP contribution in [0.3, 0.4) is 0 Å². The van der Waals surface area contributed by atoms with Crippen LogP contribution in [-0.4, -0.2) is 27.8 Å². The topological polar surface area (TPSA) is 37.8 Å². The highest BCUT2D eigenvalue weighted by atomic mass is 32.2. The van der Waals surface area contributed by atoms with Crippen molar-refractivity contribution < 1.29 is 0 Å². The van der Waals surface area contributed by atoms with Gasteiger partial charge in [-0.3, -0.25) is 0 Å². The Morgan fingerprint density at radius 1 is 1.31 bits per heavy atom. The average Bonchev–Trinajstić information content (AvgIpc) is 2.27. The summed E-state index contributed by atoms with van der Waals surface area (Å²) in [7, 11) is 0. The fourth-order valence-corrected chi connectivity index (χ4v) is 2.53. The molecule has 90 valence electrons. The fraction of sp³-hybridized carbons (Fsp3) is 0.667. The van der Waals surface area contributed by atoms with Gasteiger partial charge in [-0.1, -0.05) is 25.6 Å². The van der Waals surface area contributed by atoms with E-state index in [4.69, 9.17) is 0 Å². The lowest BCUT2D eigenvalue weighted by Gasteiger charge is -2.17. The second kappa shape index (κ2) is 7.63. The SMILES string of the molecule is CCCNC(C)CC(C)Sc1ncccn1. The van der Waals surface area contributed by atoms with Gasteiger partial charge in [0, 0.05) is 23.7 Å².